The van der Waals surface area contributed by atoms with Crippen molar-refractivity contribution in [3.8, 4) is 5.75 Å². The van der Waals surface area contributed by atoms with Crippen molar-refractivity contribution in [3.05, 3.63) is 29.8 Å². The third-order valence-corrected chi connectivity index (χ3v) is 4.37. The molecule has 1 amide bonds. The number of benzene rings is 1. The van der Waals surface area contributed by atoms with Gasteiger partial charge in [-0.15, -0.1) is 24.0 Å². The molecule has 0 saturated carbocycles. The van der Waals surface area contributed by atoms with Crippen LogP contribution < -0.4 is 15.4 Å². The van der Waals surface area contributed by atoms with Gasteiger partial charge >= 0.3 is 0 Å². The number of halogens is 1. The van der Waals surface area contributed by atoms with E-state index in [0.29, 0.717) is 6.42 Å². The summed E-state index contributed by atoms with van der Waals surface area (Å²) in [7, 11) is 0. The molecule has 1 fully saturated rings. The SMILES string of the molecule is CCNC(=NCCCN1CCCC1=O)NCCc1ccc(OC(C)C)cc1.I. The number of rotatable bonds is 10. The standard InChI is InChI=1S/C21H34N4O2.HI/c1-4-22-21(23-13-6-16-25-15-5-7-20(25)26)24-14-12-18-8-10-19(11-9-18)27-17(2)3;/h8-11,17H,4-7,12-16H2,1-3H3,(H2,22,23,24);1H. The van der Waals surface area contributed by atoms with Gasteiger partial charge in [0.2, 0.25) is 5.91 Å². The number of hydrogen-bond acceptors (Lipinski definition) is 3. The van der Waals surface area contributed by atoms with Crippen LogP contribution in [0.5, 0.6) is 5.75 Å². The molecule has 1 aliphatic heterocycles. The first-order valence-corrected chi connectivity index (χ1v) is 10.1. The first-order chi connectivity index (χ1) is 13.1. The third-order valence-electron chi connectivity index (χ3n) is 4.37. The molecule has 2 rings (SSSR count). The van der Waals surface area contributed by atoms with Gasteiger partial charge in [-0.1, -0.05) is 12.1 Å². The van der Waals surface area contributed by atoms with Gasteiger partial charge in [-0.2, -0.15) is 0 Å². The van der Waals surface area contributed by atoms with Gasteiger partial charge in [-0.05, 0) is 57.7 Å². The summed E-state index contributed by atoms with van der Waals surface area (Å²) in [6.07, 6.45) is 3.73. The van der Waals surface area contributed by atoms with Gasteiger partial charge in [-0.3, -0.25) is 9.79 Å². The molecule has 0 bridgehead atoms. The number of carbonyl (C=O) groups is 1. The van der Waals surface area contributed by atoms with Gasteiger partial charge in [-0.25, -0.2) is 0 Å². The van der Waals surface area contributed by atoms with Crippen LogP contribution in [0.1, 0.15) is 45.6 Å². The third kappa shape index (κ3) is 9.12. The van der Waals surface area contributed by atoms with Gasteiger partial charge in [0, 0.05) is 39.1 Å². The van der Waals surface area contributed by atoms with Crippen LogP contribution in [0.3, 0.4) is 0 Å². The number of nitrogens with one attached hydrogen (secondary N) is 2. The Balaban J connectivity index is 0.00000392. The predicted molar refractivity (Wildman–Crippen MR) is 126 cm³/mol. The fraction of sp³-hybridized carbons (Fsp3) is 0.619. The van der Waals surface area contributed by atoms with Gasteiger partial charge in [0.05, 0.1) is 6.10 Å². The second kappa shape index (κ2) is 13.6. The summed E-state index contributed by atoms with van der Waals surface area (Å²) < 4.78 is 5.67. The molecule has 1 aliphatic rings. The van der Waals surface area contributed by atoms with Crippen molar-refractivity contribution in [1.29, 1.82) is 0 Å². The molecular weight excluding hydrogens is 467 g/mol. The number of likely N-dealkylation sites (tertiary alicyclic amines) is 1. The van der Waals surface area contributed by atoms with E-state index in [1.807, 2.05) is 30.9 Å². The van der Waals surface area contributed by atoms with Crippen molar-refractivity contribution >= 4 is 35.8 Å². The molecule has 1 heterocycles. The maximum absolute atomic E-state index is 11.6. The van der Waals surface area contributed by atoms with Gasteiger partial charge in [0.1, 0.15) is 5.75 Å². The van der Waals surface area contributed by atoms with Crippen molar-refractivity contribution in [2.75, 3.05) is 32.7 Å². The highest BCUT2D eigenvalue weighted by molar-refractivity contribution is 14.0. The molecule has 28 heavy (non-hydrogen) atoms. The Labute approximate surface area is 186 Å². The molecule has 0 unspecified atom stereocenters. The molecule has 0 aromatic heterocycles. The van der Waals surface area contributed by atoms with Crippen molar-refractivity contribution in [2.24, 2.45) is 4.99 Å². The van der Waals surface area contributed by atoms with E-state index < -0.39 is 0 Å². The summed E-state index contributed by atoms with van der Waals surface area (Å²) in [6, 6.07) is 8.26. The molecule has 1 aromatic rings. The Morgan fingerprint density at radius 1 is 1.25 bits per heavy atom. The van der Waals surface area contributed by atoms with E-state index in [2.05, 4.69) is 34.7 Å². The monoisotopic (exact) mass is 502 g/mol. The molecular formula is C21H35IN4O2. The van der Waals surface area contributed by atoms with Crippen molar-refractivity contribution in [3.63, 3.8) is 0 Å². The summed E-state index contributed by atoms with van der Waals surface area (Å²) in [5.74, 6) is 2.03. The lowest BCUT2D eigenvalue weighted by Crippen LogP contribution is -2.38. The minimum atomic E-state index is 0. The van der Waals surface area contributed by atoms with E-state index >= 15 is 0 Å². The molecule has 1 aromatic carbocycles. The first kappa shape index (κ1) is 24.5. The Kier molecular flexibility index (Phi) is 11.9. The van der Waals surface area contributed by atoms with Gasteiger partial charge in [0.25, 0.3) is 0 Å². The summed E-state index contributed by atoms with van der Waals surface area (Å²) in [4.78, 5) is 18.2. The van der Waals surface area contributed by atoms with Crippen LogP contribution in [0.15, 0.2) is 29.3 Å². The Morgan fingerprint density at radius 3 is 2.61 bits per heavy atom. The Bertz CT molecular complexity index is 605. The smallest absolute Gasteiger partial charge is 0.222 e. The number of carbonyl (C=O) groups excluding carboxylic acids is 1. The molecule has 0 radical (unpaired) electrons. The zero-order chi connectivity index (χ0) is 19.5. The van der Waals surface area contributed by atoms with Crippen LogP contribution >= 0.6 is 24.0 Å². The van der Waals surface area contributed by atoms with E-state index in [0.717, 1.165) is 63.7 Å². The topological polar surface area (TPSA) is 66.0 Å². The van der Waals surface area contributed by atoms with Crippen LogP contribution in [0, 0.1) is 0 Å². The number of nitrogens with zero attached hydrogens (tertiary/aromatic N) is 2. The normalized spacial score (nSPS) is 14.2. The second-order valence-electron chi connectivity index (χ2n) is 7.09. The van der Waals surface area contributed by atoms with Crippen LogP contribution in [0.4, 0.5) is 0 Å². The maximum atomic E-state index is 11.6. The molecule has 158 valence electrons. The maximum Gasteiger partial charge on any atom is 0.222 e. The number of guanidine groups is 1. The highest BCUT2D eigenvalue weighted by Crippen LogP contribution is 2.14. The van der Waals surface area contributed by atoms with Gasteiger partial charge < -0.3 is 20.3 Å². The Morgan fingerprint density at radius 2 is 2.00 bits per heavy atom. The number of aliphatic imine (C=N–C) groups is 1. The number of ether oxygens (including phenoxy) is 1. The quantitative estimate of drug-likeness (QED) is 0.223. The van der Waals surface area contributed by atoms with Crippen molar-refractivity contribution in [2.45, 2.75) is 52.6 Å². The van der Waals surface area contributed by atoms with E-state index in [1.54, 1.807) is 0 Å². The highest BCUT2D eigenvalue weighted by atomic mass is 127. The van der Waals surface area contributed by atoms with E-state index in [-0.39, 0.29) is 36.0 Å². The zero-order valence-corrected chi connectivity index (χ0v) is 19.7. The van der Waals surface area contributed by atoms with Crippen LogP contribution in [0.25, 0.3) is 0 Å². The summed E-state index contributed by atoms with van der Waals surface area (Å²) in [6.45, 7) is 10.2. The van der Waals surface area contributed by atoms with E-state index in [4.69, 9.17) is 4.74 Å². The summed E-state index contributed by atoms with van der Waals surface area (Å²) >= 11 is 0. The van der Waals surface area contributed by atoms with Crippen molar-refractivity contribution < 1.29 is 9.53 Å². The largest absolute Gasteiger partial charge is 0.491 e. The minimum absolute atomic E-state index is 0. The van der Waals surface area contributed by atoms with Crippen LogP contribution in [-0.4, -0.2) is 55.6 Å². The summed E-state index contributed by atoms with van der Waals surface area (Å²) in [5.41, 5.74) is 1.27. The first-order valence-electron chi connectivity index (χ1n) is 10.1. The molecule has 2 N–H and O–H groups in total. The van der Waals surface area contributed by atoms with Gasteiger partial charge in [0.15, 0.2) is 5.96 Å². The lowest BCUT2D eigenvalue weighted by Gasteiger charge is -2.15. The predicted octanol–water partition coefficient (Wildman–Crippen LogP) is 3.20. The van der Waals surface area contributed by atoms with Crippen molar-refractivity contribution in [1.82, 2.24) is 15.5 Å². The minimum Gasteiger partial charge on any atom is -0.491 e. The Hall–Kier alpha value is -1.51. The zero-order valence-electron chi connectivity index (χ0n) is 17.4. The molecule has 1 saturated heterocycles. The average Bonchev–Trinajstić information content (AvgIpc) is 3.04. The molecule has 0 atom stereocenters. The molecule has 6 nitrogen and oxygen atoms in total. The van der Waals surface area contributed by atoms with E-state index in [9.17, 15) is 4.79 Å². The summed E-state index contributed by atoms with van der Waals surface area (Å²) in [5, 5.41) is 6.66. The van der Waals surface area contributed by atoms with Crippen LogP contribution in [0.2, 0.25) is 0 Å². The fourth-order valence-corrected chi connectivity index (χ4v) is 3.07. The molecule has 7 heteroatoms. The number of hydrogen-bond donors (Lipinski definition) is 2. The lowest BCUT2D eigenvalue weighted by molar-refractivity contribution is -0.127. The lowest BCUT2D eigenvalue weighted by atomic mass is 10.1. The van der Waals surface area contributed by atoms with Crippen LogP contribution in [-0.2, 0) is 11.2 Å². The number of amides is 1. The molecule has 0 aliphatic carbocycles. The molecule has 0 spiro atoms. The van der Waals surface area contributed by atoms with E-state index in [1.165, 1.54) is 5.56 Å². The highest BCUT2D eigenvalue weighted by Gasteiger charge is 2.18. The second-order valence-corrected chi connectivity index (χ2v) is 7.09. The fourth-order valence-electron chi connectivity index (χ4n) is 3.07. The average molecular weight is 502 g/mol.